The molecule has 2 atom stereocenters. The standard InChI is InChI=1S/C15H20N2O3/c1-15(11-6-3-2-4-7-11)8-5-9-17(15)14(20)12(16)10-13(18)19/h2-4,6-7,12H,5,8-10,16H2,1H3,(H,18,19)/t12-,15?/m0/s1. The number of hydrogen-bond donors (Lipinski definition) is 2. The van der Waals surface area contributed by atoms with Crippen molar-refractivity contribution in [3.05, 3.63) is 35.9 Å². The number of carboxylic acids is 1. The van der Waals surface area contributed by atoms with Crippen molar-refractivity contribution in [1.29, 1.82) is 0 Å². The first-order valence-electron chi connectivity index (χ1n) is 6.79. The highest BCUT2D eigenvalue weighted by Crippen LogP contribution is 2.38. The fraction of sp³-hybridized carbons (Fsp3) is 0.467. The Morgan fingerprint density at radius 2 is 2.05 bits per heavy atom. The number of rotatable bonds is 4. The predicted molar refractivity (Wildman–Crippen MR) is 75.0 cm³/mol. The smallest absolute Gasteiger partial charge is 0.305 e. The van der Waals surface area contributed by atoms with Crippen molar-refractivity contribution in [2.45, 2.75) is 37.8 Å². The summed E-state index contributed by atoms with van der Waals surface area (Å²) in [5.41, 5.74) is 6.39. The third-order valence-electron chi connectivity index (χ3n) is 4.01. The number of hydrogen-bond acceptors (Lipinski definition) is 3. The molecule has 1 amide bonds. The zero-order valence-corrected chi connectivity index (χ0v) is 11.6. The molecule has 0 aliphatic carbocycles. The quantitative estimate of drug-likeness (QED) is 0.869. The lowest BCUT2D eigenvalue weighted by atomic mass is 9.89. The molecule has 3 N–H and O–H groups in total. The molecule has 0 saturated carbocycles. The minimum Gasteiger partial charge on any atom is -0.481 e. The van der Waals surface area contributed by atoms with Crippen LogP contribution >= 0.6 is 0 Å². The van der Waals surface area contributed by atoms with Crippen LogP contribution in [0.25, 0.3) is 0 Å². The number of carboxylic acid groups (broad SMARTS) is 1. The van der Waals surface area contributed by atoms with Crippen molar-refractivity contribution in [3.63, 3.8) is 0 Å². The first kappa shape index (κ1) is 14.5. The minimum atomic E-state index is -1.05. The van der Waals surface area contributed by atoms with Crippen molar-refractivity contribution in [2.75, 3.05) is 6.54 Å². The SMILES string of the molecule is CC1(c2ccccc2)CCCN1C(=O)[C@@H](N)CC(=O)O. The molecule has 1 saturated heterocycles. The Morgan fingerprint density at radius 1 is 1.40 bits per heavy atom. The maximum atomic E-state index is 12.4. The Balaban J connectivity index is 2.23. The molecular weight excluding hydrogens is 256 g/mol. The summed E-state index contributed by atoms with van der Waals surface area (Å²) in [5.74, 6) is -1.33. The zero-order chi connectivity index (χ0) is 14.8. The monoisotopic (exact) mass is 276 g/mol. The number of benzene rings is 1. The lowest BCUT2D eigenvalue weighted by Crippen LogP contribution is -2.50. The van der Waals surface area contributed by atoms with Gasteiger partial charge in [0.25, 0.3) is 0 Å². The summed E-state index contributed by atoms with van der Waals surface area (Å²) in [6, 6.07) is 8.83. The Labute approximate surface area is 118 Å². The van der Waals surface area contributed by atoms with E-state index in [1.165, 1.54) is 0 Å². The van der Waals surface area contributed by atoms with Gasteiger partial charge in [-0.15, -0.1) is 0 Å². The minimum absolute atomic E-state index is 0.281. The maximum Gasteiger partial charge on any atom is 0.305 e. The van der Waals surface area contributed by atoms with Crippen molar-refractivity contribution < 1.29 is 14.7 Å². The fourth-order valence-electron chi connectivity index (χ4n) is 2.89. The van der Waals surface area contributed by atoms with Crippen molar-refractivity contribution in [3.8, 4) is 0 Å². The average Bonchev–Trinajstić information content (AvgIpc) is 2.81. The van der Waals surface area contributed by atoms with Gasteiger partial charge in [-0.05, 0) is 25.3 Å². The van der Waals surface area contributed by atoms with Crippen molar-refractivity contribution in [2.24, 2.45) is 5.73 Å². The van der Waals surface area contributed by atoms with Crippen molar-refractivity contribution in [1.82, 2.24) is 4.90 Å². The Hall–Kier alpha value is -1.88. The van der Waals surface area contributed by atoms with E-state index in [9.17, 15) is 9.59 Å². The Morgan fingerprint density at radius 3 is 2.65 bits per heavy atom. The van der Waals surface area contributed by atoms with Crippen LogP contribution in [0.2, 0.25) is 0 Å². The van der Waals surface area contributed by atoms with E-state index in [1.807, 2.05) is 37.3 Å². The molecule has 1 fully saturated rings. The van der Waals surface area contributed by atoms with Crippen LogP contribution in [-0.4, -0.2) is 34.5 Å². The molecule has 0 aromatic heterocycles. The number of amides is 1. The van der Waals surface area contributed by atoms with Crippen LogP contribution in [0.15, 0.2) is 30.3 Å². The van der Waals surface area contributed by atoms with Gasteiger partial charge in [0.2, 0.25) is 5.91 Å². The molecule has 1 aliphatic rings. The lowest BCUT2D eigenvalue weighted by molar-refractivity contribution is -0.143. The second-order valence-electron chi connectivity index (χ2n) is 5.44. The van der Waals surface area contributed by atoms with E-state index >= 15 is 0 Å². The first-order valence-corrected chi connectivity index (χ1v) is 6.79. The molecule has 2 rings (SSSR count). The van der Waals surface area contributed by atoms with Crippen LogP contribution in [0.1, 0.15) is 31.7 Å². The van der Waals surface area contributed by atoms with Gasteiger partial charge in [-0.2, -0.15) is 0 Å². The highest BCUT2D eigenvalue weighted by Gasteiger charge is 2.42. The second-order valence-corrected chi connectivity index (χ2v) is 5.44. The van der Waals surface area contributed by atoms with E-state index in [-0.39, 0.29) is 12.3 Å². The molecule has 0 spiro atoms. The molecule has 1 unspecified atom stereocenters. The van der Waals surface area contributed by atoms with Gasteiger partial charge in [0.1, 0.15) is 0 Å². The topological polar surface area (TPSA) is 83.6 Å². The number of aliphatic carboxylic acids is 1. The average molecular weight is 276 g/mol. The van der Waals surface area contributed by atoms with Crippen LogP contribution < -0.4 is 5.73 Å². The van der Waals surface area contributed by atoms with Gasteiger partial charge in [0.15, 0.2) is 0 Å². The summed E-state index contributed by atoms with van der Waals surface area (Å²) in [6.45, 7) is 2.64. The van der Waals surface area contributed by atoms with Gasteiger partial charge < -0.3 is 15.7 Å². The largest absolute Gasteiger partial charge is 0.481 e. The van der Waals surface area contributed by atoms with Crippen LogP contribution in [0, 0.1) is 0 Å². The van der Waals surface area contributed by atoms with Gasteiger partial charge in [-0.25, -0.2) is 0 Å². The Kier molecular flexibility index (Phi) is 4.09. The number of carbonyl (C=O) groups is 2. The van der Waals surface area contributed by atoms with Crippen molar-refractivity contribution >= 4 is 11.9 Å². The molecule has 1 aliphatic heterocycles. The molecule has 20 heavy (non-hydrogen) atoms. The normalized spacial score (nSPS) is 23.6. The van der Waals surface area contributed by atoms with Gasteiger partial charge in [0, 0.05) is 6.54 Å². The molecule has 1 aromatic carbocycles. The third kappa shape index (κ3) is 2.67. The predicted octanol–water partition coefficient (Wildman–Crippen LogP) is 1.33. The lowest BCUT2D eigenvalue weighted by Gasteiger charge is -2.37. The van der Waals surface area contributed by atoms with Crippen LogP contribution in [0.4, 0.5) is 0 Å². The summed E-state index contributed by atoms with van der Waals surface area (Å²) < 4.78 is 0. The highest BCUT2D eigenvalue weighted by atomic mass is 16.4. The highest BCUT2D eigenvalue weighted by molar-refractivity contribution is 5.86. The van der Waals surface area contributed by atoms with E-state index in [0.29, 0.717) is 6.54 Å². The maximum absolute atomic E-state index is 12.4. The molecule has 0 bridgehead atoms. The first-order chi connectivity index (χ1) is 9.45. The fourth-order valence-corrected chi connectivity index (χ4v) is 2.89. The summed E-state index contributed by atoms with van der Waals surface area (Å²) in [7, 11) is 0. The van der Waals surface area contributed by atoms with Crippen LogP contribution in [-0.2, 0) is 15.1 Å². The Bertz CT molecular complexity index is 503. The molecule has 5 nitrogen and oxygen atoms in total. The molecular formula is C15H20N2O3. The second kappa shape index (κ2) is 5.63. The van der Waals surface area contributed by atoms with E-state index in [4.69, 9.17) is 10.8 Å². The van der Waals surface area contributed by atoms with Crippen LogP contribution in [0.3, 0.4) is 0 Å². The summed E-state index contributed by atoms with van der Waals surface area (Å²) in [6.07, 6.45) is 1.43. The molecule has 108 valence electrons. The number of carbonyl (C=O) groups excluding carboxylic acids is 1. The van der Waals surface area contributed by atoms with Gasteiger partial charge in [-0.3, -0.25) is 9.59 Å². The molecule has 0 radical (unpaired) electrons. The molecule has 1 aromatic rings. The third-order valence-corrected chi connectivity index (χ3v) is 4.01. The summed E-state index contributed by atoms with van der Waals surface area (Å²) >= 11 is 0. The zero-order valence-electron chi connectivity index (χ0n) is 11.6. The molecule has 1 heterocycles. The van der Waals surface area contributed by atoms with E-state index in [2.05, 4.69) is 0 Å². The van der Waals surface area contributed by atoms with Gasteiger partial charge in [0.05, 0.1) is 18.0 Å². The van der Waals surface area contributed by atoms with Gasteiger partial charge >= 0.3 is 5.97 Å². The van der Waals surface area contributed by atoms with E-state index < -0.39 is 17.6 Å². The number of nitrogens with zero attached hydrogens (tertiary/aromatic N) is 1. The van der Waals surface area contributed by atoms with E-state index in [1.54, 1.807) is 4.90 Å². The number of likely N-dealkylation sites (tertiary alicyclic amines) is 1. The van der Waals surface area contributed by atoms with Crippen LogP contribution in [0.5, 0.6) is 0 Å². The summed E-state index contributed by atoms with van der Waals surface area (Å²) in [5, 5.41) is 8.77. The van der Waals surface area contributed by atoms with Gasteiger partial charge in [-0.1, -0.05) is 30.3 Å². The van der Waals surface area contributed by atoms with E-state index in [0.717, 1.165) is 18.4 Å². The summed E-state index contributed by atoms with van der Waals surface area (Å²) in [4.78, 5) is 24.8. The number of nitrogens with two attached hydrogens (primary N) is 1. The molecule has 5 heteroatoms.